The molecule has 0 aliphatic carbocycles. The van der Waals surface area contributed by atoms with Gasteiger partial charge in [0.1, 0.15) is 5.15 Å². The third-order valence-corrected chi connectivity index (χ3v) is 5.49. The number of hydrogen-bond acceptors (Lipinski definition) is 6. The number of nitrogens with zero attached hydrogens (tertiary/aromatic N) is 5. The van der Waals surface area contributed by atoms with Gasteiger partial charge in [-0.1, -0.05) is 23.6 Å². The summed E-state index contributed by atoms with van der Waals surface area (Å²) < 4.78 is 3.06. The highest BCUT2D eigenvalue weighted by atomic mass is 35.5. The monoisotopic (exact) mass is 476 g/mol. The number of halogens is 1. The Morgan fingerprint density at radius 1 is 1.21 bits per heavy atom. The number of aromatic carboxylic acids is 1. The number of nitrogens with one attached hydrogen (secondary N) is 1. The first kappa shape index (κ1) is 23.0. The molecule has 0 unspecified atom stereocenters. The van der Waals surface area contributed by atoms with Gasteiger partial charge >= 0.3 is 5.97 Å². The lowest BCUT2D eigenvalue weighted by Crippen LogP contribution is -2.22. The maximum atomic E-state index is 13.1. The highest BCUT2D eigenvalue weighted by Crippen LogP contribution is 2.28. The zero-order valence-electron chi connectivity index (χ0n) is 18.9. The minimum atomic E-state index is -1.20. The molecule has 2 N–H and O–H groups in total. The first-order valence-corrected chi connectivity index (χ1v) is 10.7. The van der Waals surface area contributed by atoms with Crippen LogP contribution in [0.1, 0.15) is 46.0 Å². The van der Waals surface area contributed by atoms with Crippen molar-refractivity contribution in [3.05, 3.63) is 80.4 Å². The minimum absolute atomic E-state index is 0.0820. The van der Waals surface area contributed by atoms with E-state index < -0.39 is 12.0 Å². The Labute approximate surface area is 200 Å². The molecule has 9 nitrogen and oxygen atoms in total. The van der Waals surface area contributed by atoms with Gasteiger partial charge in [-0.2, -0.15) is 5.10 Å². The van der Waals surface area contributed by atoms with Gasteiger partial charge in [-0.15, -0.1) is 0 Å². The first-order chi connectivity index (χ1) is 16.1. The lowest BCUT2D eigenvalue weighted by molar-refractivity contribution is 0.0691. The zero-order valence-corrected chi connectivity index (χ0v) is 19.7. The molecule has 0 spiro atoms. The standard InChI is InChI=1S/C24H21ClN6O3/c1-13-9-16(14(2)27-18-6-7-19(25)28-22(18)24(33)34)21-17(10-13)23(32)31(4)20(29-21)8-5-15-11-26-30(3)12-15/h6-7,9-12,14,27H,1-4H3,(H,33,34)/t14-/m1/s1. The van der Waals surface area contributed by atoms with Crippen molar-refractivity contribution in [2.45, 2.75) is 19.9 Å². The van der Waals surface area contributed by atoms with E-state index in [2.05, 4.69) is 27.2 Å². The number of carboxylic acids is 1. The van der Waals surface area contributed by atoms with Gasteiger partial charge in [0.05, 0.1) is 34.4 Å². The van der Waals surface area contributed by atoms with E-state index in [0.717, 1.165) is 11.1 Å². The zero-order chi connectivity index (χ0) is 24.6. The van der Waals surface area contributed by atoms with Crippen LogP contribution in [-0.4, -0.2) is 35.4 Å². The number of benzene rings is 1. The van der Waals surface area contributed by atoms with Crippen molar-refractivity contribution >= 4 is 34.2 Å². The van der Waals surface area contributed by atoms with E-state index in [-0.39, 0.29) is 16.4 Å². The van der Waals surface area contributed by atoms with Crippen LogP contribution < -0.4 is 10.9 Å². The lowest BCUT2D eigenvalue weighted by Gasteiger charge is -2.19. The van der Waals surface area contributed by atoms with Crippen LogP contribution in [0, 0.1) is 18.8 Å². The van der Waals surface area contributed by atoms with Crippen molar-refractivity contribution in [1.29, 1.82) is 0 Å². The van der Waals surface area contributed by atoms with Gasteiger partial charge in [-0.25, -0.2) is 14.8 Å². The number of fused-ring (bicyclic) bond motifs is 1. The predicted molar refractivity (Wildman–Crippen MR) is 129 cm³/mol. The molecule has 1 aromatic carbocycles. The summed E-state index contributed by atoms with van der Waals surface area (Å²) in [6.45, 7) is 3.74. The SMILES string of the molecule is Cc1cc([C@@H](C)Nc2ccc(Cl)nc2C(=O)O)c2nc(C#Cc3cnn(C)c3)n(C)c(=O)c2c1. The maximum absolute atomic E-state index is 13.1. The average molecular weight is 477 g/mol. The first-order valence-electron chi connectivity index (χ1n) is 10.3. The van der Waals surface area contributed by atoms with E-state index in [9.17, 15) is 14.7 Å². The van der Waals surface area contributed by atoms with Crippen molar-refractivity contribution in [2.75, 3.05) is 5.32 Å². The topological polar surface area (TPSA) is 115 Å². The number of rotatable bonds is 4. The Bertz CT molecular complexity index is 1560. The second kappa shape index (κ2) is 9.00. The van der Waals surface area contributed by atoms with E-state index in [1.807, 2.05) is 19.9 Å². The number of carboxylic acid groups (broad SMARTS) is 1. The molecule has 4 aromatic rings. The lowest BCUT2D eigenvalue weighted by atomic mass is 10.0. The molecule has 0 bridgehead atoms. The van der Waals surface area contributed by atoms with Crippen LogP contribution in [-0.2, 0) is 14.1 Å². The van der Waals surface area contributed by atoms with Gasteiger partial charge in [0.25, 0.3) is 5.56 Å². The molecule has 0 saturated heterocycles. The van der Waals surface area contributed by atoms with Crippen LogP contribution in [0.15, 0.2) is 41.5 Å². The molecule has 10 heteroatoms. The van der Waals surface area contributed by atoms with Crippen molar-refractivity contribution < 1.29 is 9.90 Å². The summed E-state index contributed by atoms with van der Waals surface area (Å²) in [5.41, 5.74) is 2.68. The molecule has 4 rings (SSSR count). The predicted octanol–water partition coefficient (Wildman–Crippen LogP) is 3.29. The summed E-state index contributed by atoms with van der Waals surface area (Å²) in [5, 5.41) is 17.3. The van der Waals surface area contributed by atoms with Gasteiger partial charge in [0, 0.05) is 25.9 Å². The Hall–Kier alpha value is -4.16. The normalized spacial score (nSPS) is 11.7. The number of pyridine rings is 1. The van der Waals surface area contributed by atoms with E-state index in [0.29, 0.717) is 28.0 Å². The molecular formula is C24H21ClN6O3. The molecule has 0 radical (unpaired) electrons. The fourth-order valence-electron chi connectivity index (χ4n) is 3.63. The summed E-state index contributed by atoms with van der Waals surface area (Å²) in [5.74, 6) is 5.05. The summed E-state index contributed by atoms with van der Waals surface area (Å²) >= 11 is 5.87. The third-order valence-electron chi connectivity index (χ3n) is 5.28. The Morgan fingerprint density at radius 3 is 2.65 bits per heavy atom. The van der Waals surface area contributed by atoms with Gasteiger partial charge in [0.2, 0.25) is 0 Å². The van der Waals surface area contributed by atoms with Crippen LogP contribution in [0.3, 0.4) is 0 Å². The second-order valence-corrected chi connectivity index (χ2v) is 8.29. The average Bonchev–Trinajstić information content (AvgIpc) is 3.21. The molecule has 3 heterocycles. The maximum Gasteiger partial charge on any atom is 0.356 e. The van der Waals surface area contributed by atoms with Crippen molar-refractivity contribution in [1.82, 2.24) is 24.3 Å². The molecule has 0 aliphatic heterocycles. The van der Waals surface area contributed by atoms with Crippen molar-refractivity contribution in [3.8, 4) is 11.8 Å². The Balaban J connectivity index is 1.83. The van der Waals surface area contributed by atoms with Gasteiger partial charge in [0.15, 0.2) is 11.5 Å². The molecule has 172 valence electrons. The van der Waals surface area contributed by atoms with Crippen LogP contribution in [0.4, 0.5) is 5.69 Å². The molecule has 0 aliphatic rings. The Kier molecular flexibility index (Phi) is 6.09. The third kappa shape index (κ3) is 4.49. The van der Waals surface area contributed by atoms with Crippen LogP contribution in [0.5, 0.6) is 0 Å². The number of aryl methyl sites for hydroxylation is 2. The molecule has 0 fully saturated rings. The summed E-state index contributed by atoms with van der Waals surface area (Å²) in [7, 11) is 3.43. The van der Waals surface area contributed by atoms with Crippen LogP contribution >= 0.6 is 11.6 Å². The number of hydrogen-bond donors (Lipinski definition) is 2. The van der Waals surface area contributed by atoms with Crippen LogP contribution in [0.2, 0.25) is 5.15 Å². The number of carbonyl (C=O) groups is 1. The molecule has 0 saturated carbocycles. The van der Waals surface area contributed by atoms with E-state index in [4.69, 9.17) is 16.6 Å². The highest BCUT2D eigenvalue weighted by molar-refractivity contribution is 6.29. The second-order valence-electron chi connectivity index (χ2n) is 7.90. The number of aromatic nitrogens is 5. The van der Waals surface area contributed by atoms with E-state index in [1.165, 1.54) is 10.6 Å². The van der Waals surface area contributed by atoms with E-state index in [1.54, 1.807) is 43.3 Å². The Morgan fingerprint density at radius 2 is 1.97 bits per heavy atom. The van der Waals surface area contributed by atoms with Crippen molar-refractivity contribution in [3.63, 3.8) is 0 Å². The molecule has 3 aromatic heterocycles. The molecule has 1 atom stereocenters. The fraction of sp³-hybridized carbons (Fsp3) is 0.208. The molecular weight excluding hydrogens is 456 g/mol. The summed E-state index contributed by atoms with van der Waals surface area (Å²) in [6.07, 6.45) is 3.40. The van der Waals surface area contributed by atoms with Crippen LogP contribution in [0.25, 0.3) is 10.9 Å². The van der Waals surface area contributed by atoms with Gasteiger partial charge in [-0.05, 0) is 43.5 Å². The molecule has 34 heavy (non-hydrogen) atoms. The smallest absolute Gasteiger partial charge is 0.356 e. The number of anilines is 1. The minimum Gasteiger partial charge on any atom is -0.476 e. The van der Waals surface area contributed by atoms with E-state index >= 15 is 0 Å². The quantitative estimate of drug-likeness (QED) is 0.343. The summed E-state index contributed by atoms with van der Waals surface area (Å²) in [4.78, 5) is 33.4. The fourth-order valence-corrected chi connectivity index (χ4v) is 3.78. The molecule has 0 amide bonds. The van der Waals surface area contributed by atoms with Gasteiger partial charge in [-0.3, -0.25) is 14.0 Å². The highest BCUT2D eigenvalue weighted by Gasteiger charge is 2.19. The summed E-state index contributed by atoms with van der Waals surface area (Å²) in [6, 6.07) is 6.37. The van der Waals surface area contributed by atoms with Gasteiger partial charge < -0.3 is 10.4 Å². The largest absolute Gasteiger partial charge is 0.476 e. The van der Waals surface area contributed by atoms with Crippen molar-refractivity contribution in [2.24, 2.45) is 14.1 Å².